The summed E-state index contributed by atoms with van der Waals surface area (Å²) in [5.74, 6) is 0. The van der Waals surface area contributed by atoms with Crippen LogP contribution in [0.25, 0.3) is 21.6 Å². The Kier molecular flexibility index (Phi) is 4.38. The topological polar surface area (TPSA) is 0 Å². The van der Waals surface area contributed by atoms with Crippen molar-refractivity contribution < 1.29 is 0 Å². The monoisotopic (exact) mass is 370 g/mol. The van der Waals surface area contributed by atoms with Gasteiger partial charge >= 0.3 is 0 Å². The molecular weight excluding hydrogens is 352 g/mol. The largest absolute Gasteiger partial charge is 0.140 e. The van der Waals surface area contributed by atoms with Crippen molar-refractivity contribution in [3.63, 3.8) is 0 Å². The van der Waals surface area contributed by atoms with E-state index in [4.69, 9.17) is 11.6 Å². The van der Waals surface area contributed by atoms with Crippen molar-refractivity contribution in [3.05, 3.63) is 67.7 Å². The number of hydrogen-bond donors (Lipinski definition) is 0. The first-order valence-electron chi connectivity index (χ1n) is 8.28. The summed E-state index contributed by atoms with van der Waals surface area (Å²) in [6, 6.07) is 15.2. The van der Waals surface area contributed by atoms with Gasteiger partial charge in [-0.1, -0.05) is 41.9 Å². The van der Waals surface area contributed by atoms with Crippen LogP contribution in [0.3, 0.4) is 0 Å². The minimum Gasteiger partial charge on any atom is -0.140 e. The Bertz CT molecular complexity index is 913. The molecule has 24 heavy (non-hydrogen) atoms. The van der Waals surface area contributed by atoms with E-state index in [-0.39, 0.29) is 0 Å². The first kappa shape index (κ1) is 16.1. The first-order chi connectivity index (χ1) is 11.6. The Morgan fingerprint density at radius 3 is 2.08 bits per heavy atom. The lowest BCUT2D eigenvalue weighted by Crippen LogP contribution is -1.86. The minimum atomic E-state index is 0.897. The molecule has 0 fully saturated rings. The molecule has 1 aliphatic rings. The van der Waals surface area contributed by atoms with Gasteiger partial charge in [-0.2, -0.15) is 0 Å². The summed E-state index contributed by atoms with van der Waals surface area (Å²) in [6.45, 7) is 4.44. The Labute approximate surface area is 156 Å². The van der Waals surface area contributed by atoms with Gasteiger partial charge in [-0.25, -0.2) is 0 Å². The van der Waals surface area contributed by atoms with Crippen molar-refractivity contribution in [2.24, 2.45) is 0 Å². The second-order valence-corrected chi connectivity index (χ2v) is 9.42. The van der Waals surface area contributed by atoms with Crippen LogP contribution in [0.15, 0.2) is 42.5 Å². The van der Waals surface area contributed by atoms with E-state index in [0.717, 1.165) is 4.34 Å². The molecule has 0 nitrogen and oxygen atoms in total. The van der Waals surface area contributed by atoms with Crippen LogP contribution >= 0.6 is 34.3 Å². The molecule has 2 aromatic heterocycles. The van der Waals surface area contributed by atoms with E-state index < -0.39 is 0 Å². The number of benzene rings is 1. The average Bonchev–Trinajstić information content (AvgIpc) is 3.26. The highest BCUT2D eigenvalue weighted by Crippen LogP contribution is 2.46. The van der Waals surface area contributed by atoms with Gasteiger partial charge < -0.3 is 0 Å². The van der Waals surface area contributed by atoms with Gasteiger partial charge in [0.2, 0.25) is 0 Å². The molecule has 0 amide bonds. The molecule has 0 N–H and O–H groups in total. The summed E-state index contributed by atoms with van der Waals surface area (Å²) in [6.07, 6.45) is 3.58. The zero-order valence-corrected chi connectivity index (χ0v) is 16.2. The summed E-state index contributed by atoms with van der Waals surface area (Å²) < 4.78 is 0.897. The summed E-state index contributed by atoms with van der Waals surface area (Å²) in [7, 11) is 0. The van der Waals surface area contributed by atoms with Crippen LogP contribution < -0.4 is 0 Å². The third-order valence-electron chi connectivity index (χ3n) is 4.73. The van der Waals surface area contributed by atoms with E-state index in [1.807, 2.05) is 11.3 Å². The van der Waals surface area contributed by atoms with Gasteiger partial charge in [-0.15, -0.1) is 22.7 Å². The van der Waals surface area contributed by atoms with Gasteiger partial charge in [-0.3, -0.25) is 0 Å². The molecular formula is C21H19ClS2. The number of thiophene rings is 2. The third-order valence-corrected chi connectivity index (χ3v) is 7.01. The lowest BCUT2D eigenvalue weighted by Gasteiger charge is -2.07. The Morgan fingerprint density at radius 1 is 0.833 bits per heavy atom. The second-order valence-electron chi connectivity index (χ2n) is 6.28. The van der Waals surface area contributed by atoms with E-state index in [0.29, 0.717) is 0 Å². The Morgan fingerprint density at radius 2 is 1.46 bits per heavy atom. The molecule has 0 saturated carbocycles. The van der Waals surface area contributed by atoms with Gasteiger partial charge in [-0.05, 0) is 73.1 Å². The molecule has 0 unspecified atom stereocenters. The molecule has 0 spiro atoms. The molecule has 0 bridgehead atoms. The maximum Gasteiger partial charge on any atom is 0.0937 e. The molecule has 1 aliphatic carbocycles. The van der Waals surface area contributed by atoms with Crippen LogP contribution in [0.1, 0.15) is 40.1 Å². The molecule has 4 rings (SSSR count). The van der Waals surface area contributed by atoms with Crippen molar-refractivity contribution in [2.75, 3.05) is 0 Å². The normalized spacial score (nSPS) is 14.6. The molecule has 2 heterocycles. The zero-order chi connectivity index (χ0) is 16.7. The fourth-order valence-electron chi connectivity index (χ4n) is 3.61. The summed E-state index contributed by atoms with van der Waals surface area (Å²) >= 11 is 9.85. The van der Waals surface area contributed by atoms with E-state index in [2.05, 4.69) is 56.3 Å². The number of aryl methyl sites for hydroxylation is 2. The van der Waals surface area contributed by atoms with Crippen molar-refractivity contribution in [3.8, 4) is 10.4 Å². The minimum absolute atomic E-state index is 0.897. The van der Waals surface area contributed by atoms with Gasteiger partial charge in [0.25, 0.3) is 0 Å². The van der Waals surface area contributed by atoms with Crippen molar-refractivity contribution in [1.29, 1.82) is 0 Å². The number of hydrogen-bond acceptors (Lipinski definition) is 2. The maximum atomic E-state index is 6.25. The van der Waals surface area contributed by atoms with Crippen LogP contribution in [-0.4, -0.2) is 0 Å². The SMILES string of the molecule is Cc1sc(Cl)cc1C1=C(c2cc(-c3ccccc3)sc2C)CCC1. The zero-order valence-electron chi connectivity index (χ0n) is 13.9. The predicted molar refractivity (Wildman–Crippen MR) is 109 cm³/mol. The molecule has 0 radical (unpaired) electrons. The second kappa shape index (κ2) is 6.51. The van der Waals surface area contributed by atoms with Gasteiger partial charge in [0.15, 0.2) is 0 Å². The summed E-state index contributed by atoms with van der Waals surface area (Å²) in [5.41, 5.74) is 7.16. The molecule has 0 aliphatic heterocycles. The van der Waals surface area contributed by atoms with Crippen molar-refractivity contribution in [1.82, 2.24) is 0 Å². The molecule has 1 aromatic carbocycles. The fourth-order valence-corrected chi connectivity index (χ4v) is 5.88. The standard InChI is InChI=1S/C21H19ClS2/c1-13-18(11-20(23-13)15-7-4-3-5-8-15)16-9-6-10-17(16)19-12-21(22)24-14(19)2/h3-5,7-8,11-12H,6,9-10H2,1-2H3. The molecule has 0 atom stereocenters. The number of halogens is 1. The highest BCUT2D eigenvalue weighted by atomic mass is 35.5. The Hall–Kier alpha value is -1.35. The molecule has 3 aromatic rings. The number of rotatable bonds is 3. The highest BCUT2D eigenvalue weighted by Gasteiger charge is 2.22. The van der Waals surface area contributed by atoms with Gasteiger partial charge in [0.05, 0.1) is 4.34 Å². The summed E-state index contributed by atoms with van der Waals surface area (Å²) in [5, 5.41) is 0. The molecule has 0 saturated heterocycles. The van der Waals surface area contributed by atoms with Crippen LogP contribution in [0.2, 0.25) is 4.34 Å². The fraction of sp³-hybridized carbons (Fsp3) is 0.238. The Balaban J connectivity index is 1.82. The van der Waals surface area contributed by atoms with Gasteiger partial charge in [0.1, 0.15) is 0 Å². The van der Waals surface area contributed by atoms with Gasteiger partial charge in [0, 0.05) is 14.6 Å². The van der Waals surface area contributed by atoms with E-state index >= 15 is 0 Å². The molecule has 3 heteroatoms. The van der Waals surface area contributed by atoms with E-state index in [1.54, 1.807) is 11.3 Å². The lowest BCUT2D eigenvalue weighted by atomic mass is 9.97. The van der Waals surface area contributed by atoms with Crippen molar-refractivity contribution >= 4 is 45.4 Å². The third kappa shape index (κ3) is 2.88. The summed E-state index contributed by atoms with van der Waals surface area (Å²) in [4.78, 5) is 4.12. The maximum absolute atomic E-state index is 6.25. The van der Waals surface area contributed by atoms with E-state index in [9.17, 15) is 0 Å². The van der Waals surface area contributed by atoms with Crippen LogP contribution in [0.4, 0.5) is 0 Å². The average molecular weight is 371 g/mol. The smallest absolute Gasteiger partial charge is 0.0937 e. The number of allylic oxidation sites excluding steroid dienone is 2. The van der Waals surface area contributed by atoms with Crippen LogP contribution in [0.5, 0.6) is 0 Å². The van der Waals surface area contributed by atoms with Crippen LogP contribution in [-0.2, 0) is 0 Å². The quantitative estimate of drug-likeness (QED) is 0.440. The predicted octanol–water partition coefficient (Wildman–Crippen LogP) is 7.84. The molecule has 122 valence electrons. The lowest BCUT2D eigenvalue weighted by molar-refractivity contribution is 0.941. The van der Waals surface area contributed by atoms with Crippen LogP contribution in [0, 0.1) is 13.8 Å². The van der Waals surface area contributed by atoms with Crippen molar-refractivity contribution in [2.45, 2.75) is 33.1 Å². The first-order valence-corrected chi connectivity index (χ1v) is 10.3. The highest BCUT2D eigenvalue weighted by molar-refractivity contribution is 7.16. The van der Waals surface area contributed by atoms with E-state index in [1.165, 1.54) is 61.7 Å².